The van der Waals surface area contributed by atoms with E-state index in [1.165, 1.54) is 16.9 Å². The maximum absolute atomic E-state index is 12.3. The van der Waals surface area contributed by atoms with Gasteiger partial charge in [-0.2, -0.15) is 4.98 Å². The molecule has 32 heavy (non-hydrogen) atoms. The predicted octanol–water partition coefficient (Wildman–Crippen LogP) is 4.97. The van der Waals surface area contributed by atoms with Crippen LogP contribution in [-0.4, -0.2) is 40.5 Å². The molecular formula is C24H24N4O3S. The van der Waals surface area contributed by atoms with Gasteiger partial charge in [-0.15, -0.1) is 16.4 Å². The second-order valence-corrected chi connectivity index (χ2v) is 7.97. The summed E-state index contributed by atoms with van der Waals surface area (Å²) in [5.74, 6) is 0.547. The zero-order valence-electron chi connectivity index (χ0n) is 17.9. The van der Waals surface area contributed by atoms with Crippen LogP contribution in [0.3, 0.4) is 0 Å². The van der Waals surface area contributed by atoms with Gasteiger partial charge in [0.05, 0.1) is 17.2 Å². The van der Waals surface area contributed by atoms with Crippen LogP contribution >= 0.6 is 11.3 Å². The fraction of sp³-hybridized carbons (Fsp3) is 0.208. The minimum absolute atomic E-state index is 0.126. The summed E-state index contributed by atoms with van der Waals surface area (Å²) in [4.78, 5) is 17.6. The summed E-state index contributed by atoms with van der Waals surface area (Å²) < 4.78 is 12.8. The number of nitrogens with one attached hydrogen (secondary N) is 1. The van der Waals surface area contributed by atoms with Crippen LogP contribution < -0.4 is 10.1 Å². The molecule has 1 N–H and O–H groups in total. The van der Waals surface area contributed by atoms with Crippen molar-refractivity contribution in [1.82, 2.24) is 14.8 Å². The maximum atomic E-state index is 12.3. The summed E-state index contributed by atoms with van der Waals surface area (Å²) in [5, 5.41) is 9.34. The fourth-order valence-electron chi connectivity index (χ4n) is 3.05. The molecule has 0 aliphatic carbocycles. The molecule has 7 nitrogen and oxygen atoms in total. The molecule has 0 radical (unpaired) electrons. The molecule has 2 aromatic heterocycles. The van der Waals surface area contributed by atoms with Crippen LogP contribution in [0.2, 0.25) is 0 Å². The molecule has 0 saturated carbocycles. The van der Waals surface area contributed by atoms with Crippen molar-refractivity contribution in [1.29, 1.82) is 0 Å². The van der Waals surface area contributed by atoms with Gasteiger partial charge in [-0.05, 0) is 49.6 Å². The van der Waals surface area contributed by atoms with Crippen LogP contribution in [0, 0.1) is 6.92 Å². The monoisotopic (exact) mass is 448 g/mol. The molecule has 2 aromatic carbocycles. The number of thiophene rings is 1. The summed E-state index contributed by atoms with van der Waals surface area (Å²) in [6, 6.07) is 19.5. The van der Waals surface area contributed by atoms with E-state index in [2.05, 4.69) is 15.4 Å². The van der Waals surface area contributed by atoms with Crippen LogP contribution in [0.15, 0.2) is 66.0 Å². The van der Waals surface area contributed by atoms with E-state index in [1.807, 2.05) is 73.8 Å². The van der Waals surface area contributed by atoms with Crippen LogP contribution in [0.25, 0.3) is 17.1 Å². The highest BCUT2D eigenvalue weighted by molar-refractivity contribution is 7.12. The van der Waals surface area contributed by atoms with E-state index in [9.17, 15) is 4.79 Å². The van der Waals surface area contributed by atoms with Gasteiger partial charge >= 0.3 is 6.01 Å². The van der Waals surface area contributed by atoms with Crippen LogP contribution in [0.5, 0.6) is 6.01 Å². The second-order valence-electron chi connectivity index (χ2n) is 7.02. The third-order valence-electron chi connectivity index (χ3n) is 4.68. The Bertz CT molecular complexity index is 1150. The number of carbonyl (C=O) groups excluding carboxylic acids is 1. The van der Waals surface area contributed by atoms with Gasteiger partial charge in [-0.1, -0.05) is 35.9 Å². The van der Waals surface area contributed by atoms with E-state index in [0.717, 1.165) is 11.3 Å². The predicted molar refractivity (Wildman–Crippen MR) is 126 cm³/mol. The molecule has 0 spiro atoms. The maximum Gasteiger partial charge on any atom is 0.336 e. The van der Waals surface area contributed by atoms with Crippen molar-refractivity contribution in [2.75, 3.05) is 25.1 Å². The van der Waals surface area contributed by atoms with E-state index >= 15 is 0 Å². The van der Waals surface area contributed by atoms with Gasteiger partial charge in [0, 0.05) is 17.9 Å². The molecule has 0 aliphatic rings. The third-order valence-corrected chi connectivity index (χ3v) is 5.54. The second kappa shape index (κ2) is 10.2. The number of aryl methyl sites for hydroxylation is 1. The number of nitrogens with zero attached hydrogens (tertiary/aromatic N) is 3. The number of hydrogen-bond acceptors (Lipinski definition) is 6. The van der Waals surface area contributed by atoms with Crippen LogP contribution in [-0.2, 0) is 4.74 Å². The molecular weight excluding hydrogens is 424 g/mol. The average Bonchev–Trinajstić information content (AvgIpc) is 3.49. The minimum Gasteiger partial charge on any atom is -0.460 e. The van der Waals surface area contributed by atoms with Crippen molar-refractivity contribution in [2.45, 2.75) is 13.8 Å². The highest BCUT2D eigenvalue weighted by Gasteiger charge is 2.15. The number of rotatable bonds is 9. The lowest BCUT2D eigenvalue weighted by molar-refractivity contribution is 0.103. The topological polar surface area (TPSA) is 78.3 Å². The summed E-state index contributed by atoms with van der Waals surface area (Å²) in [6.07, 6.45) is 0. The Labute approximate surface area is 190 Å². The molecule has 2 heterocycles. The molecule has 0 saturated heterocycles. The normalized spacial score (nSPS) is 10.8. The standard InChI is InChI=1S/C24H24N4O3S/c1-3-30-14-15-31-24-26-22(18-8-6-17(2)7-9-18)28(27-24)20-12-10-19(11-13-20)25-23(29)21-5-4-16-32-21/h4-13,16H,3,14-15H2,1-2H3,(H,25,29). The first-order valence-corrected chi connectivity index (χ1v) is 11.2. The van der Waals surface area contributed by atoms with E-state index in [0.29, 0.717) is 36.2 Å². The van der Waals surface area contributed by atoms with Gasteiger partial charge < -0.3 is 14.8 Å². The summed E-state index contributed by atoms with van der Waals surface area (Å²) in [6.45, 7) is 5.46. The van der Waals surface area contributed by atoms with Gasteiger partial charge in [0.2, 0.25) is 0 Å². The number of carbonyl (C=O) groups is 1. The SMILES string of the molecule is CCOCCOc1nc(-c2ccc(C)cc2)n(-c2ccc(NC(=O)c3cccs3)cc2)n1. The van der Waals surface area contributed by atoms with Gasteiger partial charge in [0.15, 0.2) is 5.82 Å². The van der Waals surface area contributed by atoms with Gasteiger partial charge in [-0.25, -0.2) is 4.68 Å². The number of aromatic nitrogens is 3. The molecule has 0 atom stereocenters. The molecule has 164 valence electrons. The lowest BCUT2D eigenvalue weighted by Gasteiger charge is -2.08. The molecule has 0 fully saturated rings. The lowest BCUT2D eigenvalue weighted by atomic mass is 10.1. The van der Waals surface area contributed by atoms with Gasteiger partial charge in [-0.3, -0.25) is 4.79 Å². The summed E-state index contributed by atoms with van der Waals surface area (Å²) in [5.41, 5.74) is 3.61. The first-order valence-electron chi connectivity index (χ1n) is 10.3. The van der Waals surface area contributed by atoms with Crippen molar-refractivity contribution in [3.8, 4) is 23.1 Å². The summed E-state index contributed by atoms with van der Waals surface area (Å²) in [7, 11) is 0. The zero-order valence-corrected chi connectivity index (χ0v) is 18.8. The number of ether oxygens (including phenoxy) is 2. The first-order chi connectivity index (χ1) is 15.6. The zero-order chi connectivity index (χ0) is 22.3. The van der Waals surface area contributed by atoms with Crippen molar-refractivity contribution in [3.05, 3.63) is 76.5 Å². The molecule has 0 unspecified atom stereocenters. The van der Waals surface area contributed by atoms with Gasteiger partial charge in [0.25, 0.3) is 5.91 Å². The number of amides is 1. The molecule has 0 bridgehead atoms. The Balaban J connectivity index is 1.58. The quantitative estimate of drug-likeness (QED) is 0.366. The molecule has 8 heteroatoms. The minimum atomic E-state index is -0.126. The van der Waals surface area contributed by atoms with Crippen LogP contribution in [0.4, 0.5) is 5.69 Å². The average molecular weight is 449 g/mol. The first kappa shape index (κ1) is 21.7. The van der Waals surface area contributed by atoms with E-state index in [-0.39, 0.29) is 11.9 Å². The third kappa shape index (κ3) is 5.22. The van der Waals surface area contributed by atoms with Crippen molar-refractivity contribution < 1.29 is 14.3 Å². The van der Waals surface area contributed by atoms with E-state index in [1.54, 1.807) is 10.7 Å². The smallest absolute Gasteiger partial charge is 0.336 e. The largest absolute Gasteiger partial charge is 0.460 e. The molecule has 4 aromatic rings. The van der Waals surface area contributed by atoms with E-state index < -0.39 is 0 Å². The summed E-state index contributed by atoms with van der Waals surface area (Å²) >= 11 is 1.41. The number of benzene rings is 2. The number of anilines is 1. The molecule has 4 rings (SSSR count). The molecule has 0 aliphatic heterocycles. The van der Waals surface area contributed by atoms with Crippen molar-refractivity contribution in [3.63, 3.8) is 0 Å². The van der Waals surface area contributed by atoms with Crippen LogP contribution in [0.1, 0.15) is 22.2 Å². The Morgan fingerprint density at radius 3 is 2.53 bits per heavy atom. The van der Waals surface area contributed by atoms with Gasteiger partial charge in [0.1, 0.15) is 6.61 Å². The van der Waals surface area contributed by atoms with Crippen molar-refractivity contribution in [2.24, 2.45) is 0 Å². The van der Waals surface area contributed by atoms with Crippen molar-refractivity contribution >= 4 is 22.9 Å². The Kier molecular flexibility index (Phi) is 6.94. The highest BCUT2D eigenvalue weighted by Crippen LogP contribution is 2.25. The van der Waals surface area contributed by atoms with E-state index in [4.69, 9.17) is 9.47 Å². The lowest BCUT2D eigenvalue weighted by Crippen LogP contribution is -2.10. The fourth-order valence-corrected chi connectivity index (χ4v) is 3.67. The Morgan fingerprint density at radius 1 is 1.06 bits per heavy atom. The number of hydrogen-bond donors (Lipinski definition) is 1. The Morgan fingerprint density at radius 2 is 1.84 bits per heavy atom. The Hall–Kier alpha value is -3.49. The molecule has 1 amide bonds. The highest BCUT2D eigenvalue weighted by atomic mass is 32.1.